The summed E-state index contributed by atoms with van der Waals surface area (Å²) in [5.41, 5.74) is 0.343. The van der Waals surface area contributed by atoms with Crippen LogP contribution in [0.25, 0.3) is 0 Å². The zero-order chi connectivity index (χ0) is 13.1. The van der Waals surface area contributed by atoms with Crippen LogP contribution in [-0.4, -0.2) is 7.05 Å². The highest BCUT2D eigenvalue weighted by Gasteiger charge is 2.25. The molecule has 0 fully saturated rings. The molecule has 2 atom stereocenters. The molecule has 1 N–H and O–H groups in total. The highest BCUT2D eigenvalue weighted by atomic mass is 16.3. The number of aryl methyl sites for hydroxylation is 1. The largest absolute Gasteiger partial charge is 0.464 e. The van der Waals surface area contributed by atoms with Crippen LogP contribution in [-0.2, 0) is 6.42 Å². The van der Waals surface area contributed by atoms with Gasteiger partial charge in [0.05, 0.1) is 6.04 Å². The van der Waals surface area contributed by atoms with Gasteiger partial charge >= 0.3 is 0 Å². The first-order valence-electron chi connectivity index (χ1n) is 6.64. The Labute approximate surface area is 106 Å². The first-order valence-corrected chi connectivity index (χ1v) is 6.64. The molecule has 1 heterocycles. The number of hydrogen-bond donors (Lipinski definition) is 1. The third kappa shape index (κ3) is 3.88. The molecule has 2 unspecified atom stereocenters. The van der Waals surface area contributed by atoms with Gasteiger partial charge < -0.3 is 9.73 Å². The van der Waals surface area contributed by atoms with E-state index in [-0.39, 0.29) is 0 Å². The maximum atomic E-state index is 5.84. The molecule has 0 saturated heterocycles. The van der Waals surface area contributed by atoms with E-state index in [1.54, 1.807) is 0 Å². The van der Waals surface area contributed by atoms with E-state index in [9.17, 15) is 0 Å². The van der Waals surface area contributed by atoms with E-state index < -0.39 is 0 Å². The third-order valence-corrected chi connectivity index (χ3v) is 3.79. The van der Waals surface area contributed by atoms with Crippen LogP contribution in [0.4, 0.5) is 0 Å². The molecule has 0 radical (unpaired) electrons. The number of nitrogens with one attached hydrogen (secondary N) is 1. The van der Waals surface area contributed by atoms with Crippen LogP contribution < -0.4 is 5.32 Å². The normalized spacial score (nSPS) is 15.9. The maximum Gasteiger partial charge on any atom is 0.121 e. The van der Waals surface area contributed by atoms with Gasteiger partial charge in [0.15, 0.2) is 0 Å². The second kappa shape index (κ2) is 5.72. The minimum absolute atomic E-state index is 0.324. The fraction of sp³-hybridized carbons (Fsp3) is 0.733. The lowest BCUT2D eigenvalue weighted by molar-refractivity contribution is 0.216. The molecule has 2 nitrogen and oxygen atoms in total. The smallest absolute Gasteiger partial charge is 0.121 e. The Balaban J connectivity index is 2.72. The minimum Gasteiger partial charge on any atom is -0.464 e. The maximum absolute atomic E-state index is 5.84. The molecule has 1 aromatic heterocycles. The molecule has 0 aliphatic heterocycles. The van der Waals surface area contributed by atoms with Gasteiger partial charge in [-0.25, -0.2) is 0 Å². The zero-order valence-corrected chi connectivity index (χ0v) is 12.1. The molecule has 0 saturated carbocycles. The van der Waals surface area contributed by atoms with Crippen LogP contribution in [0.5, 0.6) is 0 Å². The predicted octanol–water partition coefficient (Wildman–Crippen LogP) is 4.17. The van der Waals surface area contributed by atoms with Crippen molar-refractivity contribution >= 4 is 0 Å². The molecule has 0 aliphatic carbocycles. The van der Waals surface area contributed by atoms with Gasteiger partial charge in [0.2, 0.25) is 0 Å². The quantitative estimate of drug-likeness (QED) is 0.831. The van der Waals surface area contributed by atoms with E-state index in [0.29, 0.717) is 17.4 Å². The Morgan fingerprint density at radius 2 is 1.94 bits per heavy atom. The number of rotatable bonds is 5. The van der Waals surface area contributed by atoms with E-state index in [0.717, 1.165) is 24.4 Å². The summed E-state index contributed by atoms with van der Waals surface area (Å²) in [5.74, 6) is 2.79. The molecule has 1 rings (SSSR count). The van der Waals surface area contributed by atoms with Gasteiger partial charge in [0.1, 0.15) is 11.5 Å². The Morgan fingerprint density at radius 3 is 2.35 bits per heavy atom. The van der Waals surface area contributed by atoms with Crippen molar-refractivity contribution in [2.75, 3.05) is 7.05 Å². The fourth-order valence-corrected chi connectivity index (χ4v) is 1.86. The number of furan rings is 1. The Bertz CT molecular complexity index is 335. The molecule has 0 aromatic carbocycles. The summed E-state index contributed by atoms with van der Waals surface area (Å²) in [6.07, 6.45) is 2.07. The van der Waals surface area contributed by atoms with Crippen molar-refractivity contribution in [3.8, 4) is 0 Å². The van der Waals surface area contributed by atoms with Gasteiger partial charge in [-0.05, 0) is 36.9 Å². The first kappa shape index (κ1) is 14.3. The van der Waals surface area contributed by atoms with Gasteiger partial charge in [0, 0.05) is 6.42 Å². The van der Waals surface area contributed by atoms with Crippen LogP contribution in [0.15, 0.2) is 16.5 Å². The third-order valence-electron chi connectivity index (χ3n) is 3.79. The van der Waals surface area contributed by atoms with Crippen LogP contribution in [0, 0.1) is 11.3 Å². The Hall–Kier alpha value is -0.760. The summed E-state index contributed by atoms with van der Waals surface area (Å²) in [7, 11) is 2.01. The van der Waals surface area contributed by atoms with Crippen molar-refractivity contribution in [1.29, 1.82) is 0 Å². The highest BCUT2D eigenvalue weighted by Crippen LogP contribution is 2.33. The zero-order valence-electron chi connectivity index (χ0n) is 12.1. The van der Waals surface area contributed by atoms with Gasteiger partial charge in [-0.1, -0.05) is 34.6 Å². The lowest BCUT2D eigenvalue weighted by atomic mass is 9.78. The average molecular weight is 237 g/mol. The standard InChI is InChI=1S/C15H27NO/c1-7-12-8-9-14(17-12)13(16-6)10-11(2)15(3,4)5/h8-9,11,13,16H,7,10H2,1-6H3. The van der Waals surface area contributed by atoms with Crippen molar-refractivity contribution < 1.29 is 4.42 Å². The molecule has 1 aromatic rings. The minimum atomic E-state index is 0.324. The molecule has 0 bridgehead atoms. The number of hydrogen-bond acceptors (Lipinski definition) is 2. The van der Waals surface area contributed by atoms with Gasteiger partial charge in [-0.2, -0.15) is 0 Å². The lowest BCUT2D eigenvalue weighted by Gasteiger charge is -2.30. The summed E-state index contributed by atoms with van der Waals surface area (Å²) in [6, 6.07) is 4.51. The van der Waals surface area contributed by atoms with E-state index in [1.807, 2.05) is 7.05 Å². The van der Waals surface area contributed by atoms with Crippen molar-refractivity contribution in [3.63, 3.8) is 0 Å². The first-order chi connectivity index (χ1) is 7.88. The topological polar surface area (TPSA) is 25.2 Å². The Morgan fingerprint density at radius 1 is 1.29 bits per heavy atom. The summed E-state index contributed by atoms with van der Waals surface area (Å²) >= 11 is 0. The van der Waals surface area contributed by atoms with Crippen LogP contribution >= 0.6 is 0 Å². The van der Waals surface area contributed by atoms with Crippen molar-refractivity contribution in [2.24, 2.45) is 11.3 Å². The van der Waals surface area contributed by atoms with Gasteiger partial charge in [-0.3, -0.25) is 0 Å². The average Bonchev–Trinajstić information content (AvgIpc) is 2.72. The molecule has 2 heteroatoms. The molecular weight excluding hydrogens is 210 g/mol. The molecule has 0 amide bonds. The van der Waals surface area contributed by atoms with Gasteiger partial charge in [-0.15, -0.1) is 0 Å². The molecule has 98 valence electrons. The van der Waals surface area contributed by atoms with E-state index in [2.05, 4.69) is 52.1 Å². The monoisotopic (exact) mass is 237 g/mol. The molecular formula is C15H27NO. The van der Waals surface area contributed by atoms with E-state index in [4.69, 9.17) is 4.42 Å². The summed E-state index contributed by atoms with van der Waals surface area (Å²) < 4.78 is 5.84. The molecule has 0 aliphatic rings. The van der Waals surface area contributed by atoms with Crippen LogP contribution in [0.3, 0.4) is 0 Å². The Kier molecular flexibility index (Phi) is 4.81. The molecule has 0 spiro atoms. The van der Waals surface area contributed by atoms with Gasteiger partial charge in [0.25, 0.3) is 0 Å². The van der Waals surface area contributed by atoms with E-state index in [1.165, 1.54) is 0 Å². The molecule has 17 heavy (non-hydrogen) atoms. The van der Waals surface area contributed by atoms with E-state index >= 15 is 0 Å². The SMILES string of the molecule is CCc1ccc(C(CC(C)C(C)(C)C)NC)o1. The van der Waals surface area contributed by atoms with Crippen molar-refractivity contribution in [2.45, 2.75) is 53.5 Å². The van der Waals surface area contributed by atoms with Crippen LogP contribution in [0.1, 0.15) is 58.6 Å². The summed E-state index contributed by atoms with van der Waals surface area (Å²) in [4.78, 5) is 0. The van der Waals surface area contributed by atoms with Crippen molar-refractivity contribution in [3.05, 3.63) is 23.7 Å². The fourth-order valence-electron chi connectivity index (χ4n) is 1.86. The van der Waals surface area contributed by atoms with Crippen LogP contribution in [0.2, 0.25) is 0 Å². The summed E-state index contributed by atoms with van der Waals surface area (Å²) in [6.45, 7) is 11.3. The summed E-state index contributed by atoms with van der Waals surface area (Å²) in [5, 5.41) is 3.37. The lowest BCUT2D eigenvalue weighted by Crippen LogP contribution is -2.25. The second-order valence-corrected chi connectivity index (χ2v) is 6.00. The van der Waals surface area contributed by atoms with Crippen molar-refractivity contribution in [1.82, 2.24) is 5.32 Å². The predicted molar refractivity (Wildman–Crippen MR) is 73.1 cm³/mol. The second-order valence-electron chi connectivity index (χ2n) is 6.00. The highest BCUT2D eigenvalue weighted by molar-refractivity contribution is 5.11.